The average molecular weight is 325 g/mol. The van der Waals surface area contributed by atoms with Gasteiger partial charge in [-0.25, -0.2) is 0 Å². The number of hydrogen-bond donors (Lipinski definition) is 0. The summed E-state index contributed by atoms with van der Waals surface area (Å²) in [6, 6.07) is 4.23. The van der Waals surface area contributed by atoms with Crippen LogP contribution in [0.4, 0.5) is 0 Å². The lowest BCUT2D eigenvalue weighted by molar-refractivity contribution is 0.0866. The van der Waals surface area contributed by atoms with Gasteiger partial charge in [0.25, 0.3) is 0 Å². The standard InChI is InChI=1S/C19H27N5/c1-22-12-18(11-21-22)14-23-8-3-5-19(15-23)6-9-24(16-19)13-17-4-2-7-20-10-17/h2,4,7,10-12H,3,5-6,8-9,13-16H2,1H3/t19-/m1/s1. The minimum Gasteiger partial charge on any atom is -0.298 e. The van der Waals surface area contributed by atoms with E-state index < -0.39 is 0 Å². The molecule has 2 saturated heterocycles. The van der Waals surface area contributed by atoms with Crippen molar-refractivity contribution in [2.24, 2.45) is 12.5 Å². The van der Waals surface area contributed by atoms with E-state index in [1.54, 1.807) is 0 Å². The topological polar surface area (TPSA) is 37.2 Å². The van der Waals surface area contributed by atoms with Gasteiger partial charge in [0.05, 0.1) is 6.20 Å². The molecule has 24 heavy (non-hydrogen) atoms. The van der Waals surface area contributed by atoms with E-state index in [2.05, 4.69) is 32.1 Å². The van der Waals surface area contributed by atoms with E-state index >= 15 is 0 Å². The summed E-state index contributed by atoms with van der Waals surface area (Å²) in [7, 11) is 1.99. The van der Waals surface area contributed by atoms with Crippen LogP contribution in [0.3, 0.4) is 0 Å². The van der Waals surface area contributed by atoms with Crippen LogP contribution in [0.5, 0.6) is 0 Å². The molecule has 2 aromatic rings. The lowest BCUT2D eigenvalue weighted by atomic mass is 9.79. The number of likely N-dealkylation sites (tertiary alicyclic amines) is 2. The van der Waals surface area contributed by atoms with E-state index in [0.29, 0.717) is 5.41 Å². The first-order valence-electron chi connectivity index (χ1n) is 9.02. The molecule has 1 atom stereocenters. The minimum absolute atomic E-state index is 0.489. The fourth-order valence-corrected chi connectivity index (χ4v) is 4.50. The van der Waals surface area contributed by atoms with Gasteiger partial charge in [0.1, 0.15) is 0 Å². The predicted molar refractivity (Wildman–Crippen MR) is 94.3 cm³/mol. The smallest absolute Gasteiger partial charge is 0.0534 e. The molecule has 4 heterocycles. The van der Waals surface area contributed by atoms with Crippen LogP contribution in [0.2, 0.25) is 0 Å². The molecule has 2 aliphatic heterocycles. The second-order valence-corrected chi connectivity index (χ2v) is 7.66. The quantitative estimate of drug-likeness (QED) is 0.864. The summed E-state index contributed by atoms with van der Waals surface area (Å²) in [4.78, 5) is 9.50. The van der Waals surface area contributed by atoms with Crippen molar-refractivity contribution in [2.45, 2.75) is 32.4 Å². The molecule has 0 aliphatic carbocycles. The van der Waals surface area contributed by atoms with Gasteiger partial charge in [0.2, 0.25) is 0 Å². The Morgan fingerprint density at radius 3 is 2.62 bits per heavy atom. The number of pyridine rings is 1. The van der Waals surface area contributed by atoms with E-state index in [0.717, 1.165) is 13.1 Å². The molecule has 5 nitrogen and oxygen atoms in total. The van der Waals surface area contributed by atoms with Gasteiger partial charge < -0.3 is 0 Å². The Bertz CT molecular complexity index is 667. The number of nitrogens with zero attached hydrogens (tertiary/aromatic N) is 5. The highest BCUT2D eigenvalue weighted by molar-refractivity contribution is 5.09. The molecule has 2 aromatic heterocycles. The summed E-state index contributed by atoms with van der Waals surface area (Å²) in [5.74, 6) is 0. The first-order chi connectivity index (χ1) is 11.7. The number of piperidine rings is 1. The van der Waals surface area contributed by atoms with Crippen molar-refractivity contribution >= 4 is 0 Å². The van der Waals surface area contributed by atoms with Crippen LogP contribution in [0.1, 0.15) is 30.4 Å². The Morgan fingerprint density at radius 2 is 1.88 bits per heavy atom. The van der Waals surface area contributed by atoms with Gasteiger partial charge in [-0.2, -0.15) is 5.10 Å². The molecule has 2 aliphatic rings. The number of aromatic nitrogens is 3. The normalized spacial score (nSPS) is 25.5. The van der Waals surface area contributed by atoms with Gasteiger partial charge in [0, 0.05) is 57.4 Å². The first kappa shape index (κ1) is 15.8. The minimum atomic E-state index is 0.489. The molecular formula is C19H27N5. The molecule has 5 heteroatoms. The maximum absolute atomic E-state index is 4.31. The Morgan fingerprint density at radius 1 is 1.04 bits per heavy atom. The third-order valence-electron chi connectivity index (χ3n) is 5.55. The molecule has 0 radical (unpaired) electrons. The van der Waals surface area contributed by atoms with Gasteiger partial charge in [0.15, 0.2) is 0 Å². The van der Waals surface area contributed by atoms with Crippen molar-refractivity contribution in [1.29, 1.82) is 0 Å². The van der Waals surface area contributed by atoms with Crippen LogP contribution in [0.25, 0.3) is 0 Å². The molecule has 2 fully saturated rings. The van der Waals surface area contributed by atoms with E-state index in [4.69, 9.17) is 0 Å². The third-order valence-corrected chi connectivity index (χ3v) is 5.55. The Labute approximate surface area is 144 Å². The molecule has 128 valence electrons. The highest BCUT2D eigenvalue weighted by Gasteiger charge is 2.41. The summed E-state index contributed by atoms with van der Waals surface area (Å²) in [5, 5.41) is 4.31. The van der Waals surface area contributed by atoms with Crippen LogP contribution < -0.4 is 0 Å². The summed E-state index contributed by atoms with van der Waals surface area (Å²) < 4.78 is 1.90. The fourth-order valence-electron chi connectivity index (χ4n) is 4.50. The maximum Gasteiger partial charge on any atom is 0.0534 e. The zero-order valence-electron chi connectivity index (χ0n) is 14.6. The van der Waals surface area contributed by atoms with Crippen molar-refractivity contribution in [1.82, 2.24) is 24.6 Å². The van der Waals surface area contributed by atoms with Crippen molar-refractivity contribution in [2.75, 3.05) is 26.2 Å². The van der Waals surface area contributed by atoms with Gasteiger partial charge in [-0.1, -0.05) is 6.07 Å². The monoisotopic (exact) mass is 325 g/mol. The molecule has 1 spiro atoms. The lowest BCUT2D eigenvalue weighted by Crippen LogP contribution is -2.44. The SMILES string of the molecule is Cn1cc(CN2CCC[C@@]3(CCN(Cc4cccnc4)C3)C2)cn1. The highest BCUT2D eigenvalue weighted by atomic mass is 15.2. The molecule has 0 aromatic carbocycles. The number of rotatable bonds is 4. The van der Waals surface area contributed by atoms with Gasteiger partial charge in [-0.15, -0.1) is 0 Å². The summed E-state index contributed by atoms with van der Waals surface area (Å²) >= 11 is 0. The van der Waals surface area contributed by atoms with Gasteiger partial charge >= 0.3 is 0 Å². The van der Waals surface area contributed by atoms with E-state index in [1.807, 2.05) is 36.4 Å². The zero-order valence-corrected chi connectivity index (χ0v) is 14.6. The van der Waals surface area contributed by atoms with Crippen LogP contribution in [0, 0.1) is 5.41 Å². The van der Waals surface area contributed by atoms with Crippen molar-refractivity contribution in [3.63, 3.8) is 0 Å². The first-order valence-corrected chi connectivity index (χ1v) is 9.02. The lowest BCUT2D eigenvalue weighted by Gasteiger charge is -2.40. The molecule has 0 saturated carbocycles. The Balaban J connectivity index is 1.36. The van der Waals surface area contributed by atoms with Crippen molar-refractivity contribution < 1.29 is 0 Å². The largest absolute Gasteiger partial charge is 0.298 e. The van der Waals surface area contributed by atoms with Crippen molar-refractivity contribution in [3.8, 4) is 0 Å². The van der Waals surface area contributed by atoms with E-state index in [9.17, 15) is 0 Å². The number of aryl methyl sites for hydroxylation is 1. The molecule has 4 rings (SSSR count). The Hall–Kier alpha value is -1.72. The van der Waals surface area contributed by atoms with Crippen LogP contribution >= 0.6 is 0 Å². The van der Waals surface area contributed by atoms with Crippen LogP contribution in [-0.4, -0.2) is 50.7 Å². The third kappa shape index (κ3) is 3.52. The van der Waals surface area contributed by atoms with Gasteiger partial charge in [-0.05, 0) is 49.4 Å². The Kier molecular flexibility index (Phi) is 4.37. The average Bonchev–Trinajstić information content (AvgIpc) is 3.15. The maximum atomic E-state index is 4.31. The molecule has 0 bridgehead atoms. The van der Waals surface area contributed by atoms with Crippen LogP contribution in [0.15, 0.2) is 36.9 Å². The fraction of sp³-hybridized carbons (Fsp3) is 0.579. The van der Waals surface area contributed by atoms with E-state index in [-0.39, 0.29) is 0 Å². The molecule has 0 N–H and O–H groups in total. The summed E-state index contributed by atoms with van der Waals surface area (Å²) in [5.41, 5.74) is 3.15. The summed E-state index contributed by atoms with van der Waals surface area (Å²) in [6.07, 6.45) is 12.0. The second kappa shape index (κ2) is 6.65. The molecular weight excluding hydrogens is 298 g/mol. The highest BCUT2D eigenvalue weighted by Crippen LogP contribution is 2.39. The molecule has 0 amide bonds. The summed E-state index contributed by atoms with van der Waals surface area (Å²) in [6.45, 7) is 6.97. The van der Waals surface area contributed by atoms with Crippen LogP contribution in [-0.2, 0) is 20.1 Å². The number of hydrogen-bond acceptors (Lipinski definition) is 4. The zero-order chi connectivity index (χ0) is 16.4. The van der Waals surface area contributed by atoms with Gasteiger partial charge in [-0.3, -0.25) is 19.5 Å². The second-order valence-electron chi connectivity index (χ2n) is 7.66. The van der Waals surface area contributed by atoms with E-state index in [1.165, 1.54) is 56.6 Å². The van der Waals surface area contributed by atoms with Crippen molar-refractivity contribution in [3.05, 3.63) is 48.0 Å². The molecule has 0 unspecified atom stereocenters. The predicted octanol–water partition coefficient (Wildman–Crippen LogP) is 2.30.